The van der Waals surface area contributed by atoms with Crippen LogP contribution in [0.4, 0.5) is 20.4 Å². The Bertz CT molecular complexity index is 1410. The van der Waals surface area contributed by atoms with Crippen LogP contribution in [0.15, 0.2) is 56.6 Å². The number of rotatable bonds is 6. The highest BCUT2D eigenvalue weighted by atomic mass is 32.2. The van der Waals surface area contributed by atoms with Crippen LogP contribution in [0.3, 0.4) is 0 Å². The maximum atomic E-state index is 13.2. The molecule has 1 saturated heterocycles. The quantitative estimate of drug-likeness (QED) is 0.450. The topological polar surface area (TPSA) is 79.6 Å². The van der Waals surface area contributed by atoms with Gasteiger partial charge < -0.3 is 14.6 Å². The van der Waals surface area contributed by atoms with Crippen molar-refractivity contribution in [3.63, 3.8) is 0 Å². The lowest BCUT2D eigenvalue weighted by molar-refractivity contribution is 0.235. The fourth-order valence-electron chi connectivity index (χ4n) is 4.47. The molecule has 4 rings (SSSR count). The second-order valence-corrected chi connectivity index (χ2v) is 11.9. The van der Waals surface area contributed by atoms with Gasteiger partial charge >= 0.3 is 5.76 Å². The maximum absolute atomic E-state index is 13.2. The molecule has 3 aromatic rings. The van der Waals surface area contributed by atoms with Crippen molar-refractivity contribution in [3.8, 4) is 0 Å². The molecule has 2 heterocycles. The molecule has 1 aliphatic rings. The van der Waals surface area contributed by atoms with E-state index in [0.29, 0.717) is 22.4 Å². The van der Waals surface area contributed by atoms with Crippen LogP contribution in [0.25, 0.3) is 11.0 Å². The molecule has 1 atom stereocenters. The molecule has 0 saturated carbocycles. The molecule has 1 fully saturated rings. The molecular formula is C26H30F2N2O4S. The predicted molar refractivity (Wildman–Crippen MR) is 134 cm³/mol. The van der Waals surface area contributed by atoms with E-state index >= 15 is 0 Å². The minimum absolute atomic E-state index is 0.0618. The number of nitrogens with one attached hydrogen (secondary N) is 1. The van der Waals surface area contributed by atoms with Crippen LogP contribution in [-0.4, -0.2) is 27.3 Å². The highest BCUT2D eigenvalue weighted by molar-refractivity contribution is 7.91. The van der Waals surface area contributed by atoms with Crippen LogP contribution in [0.1, 0.15) is 50.8 Å². The summed E-state index contributed by atoms with van der Waals surface area (Å²) in [6.45, 7) is 9.62. The fourth-order valence-corrected chi connectivity index (χ4v) is 5.37. The maximum Gasteiger partial charge on any atom is 0.341 e. The van der Waals surface area contributed by atoms with Crippen LogP contribution < -0.4 is 15.6 Å². The SMILES string of the molecule is Cc1cc([C@@H](C)Nc2ccccc2S(=O)(=O)C(F)F)c2oc(N3CCC(C)(C)CC3)cc(=O)c2c1. The largest absolute Gasteiger partial charge is 0.440 e. The van der Waals surface area contributed by atoms with Crippen molar-refractivity contribution in [3.05, 3.63) is 63.8 Å². The zero-order valence-corrected chi connectivity index (χ0v) is 21.1. The van der Waals surface area contributed by atoms with E-state index in [-0.39, 0.29) is 16.5 Å². The molecule has 0 amide bonds. The Labute approximate surface area is 203 Å². The minimum Gasteiger partial charge on any atom is -0.440 e. The van der Waals surface area contributed by atoms with E-state index in [9.17, 15) is 22.0 Å². The average molecular weight is 505 g/mol. The van der Waals surface area contributed by atoms with Crippen molar-refractivity contribution in [2.24, 2.45) is 5.41 Å². The van der Waals surface area contributed by atoms with Crippen LogP contribution in [0.5, 0.6) is 0 Å². The third kappa shape index (κ3) is 5.05. The van der Waals surface area contributed by atoms with Crippen LogP contribution in [0.2, 0.25) is 0 Å². The molecule has 0 spiro atoms. The van der Waals surface area contributed by atoms with E-state index in [1.165, 1.54) is 18.2 Å². The first-order valence-corrected chi connectivity index (χ1v) is 13.1. The molecule has 35 heavy (non-hydrogen) atoms. The van der Waals surface area contributed by atoms with E-state index in [0.717, 1.165) is 37.6 Å². The molecule has 188 valence electrons. The van der Waals surface area contributed by atoms with E-state index in [1.807, 2.05) is 13.0 Å². The lowest BCUT2D eigenvalue weighted by Crippen LogP contribution is -2.37. The lowest BCUT2D eigenvalue weighted by atomic mass is 9.83. The van der Waals surface area contributed by atoms with E-state index in [4.69, 9.17) is 4.42 Å². The van der Waals surface area contributed by atoms with Gasteiger partial charge in [0.05, 0.1) is 22.0 Å². The summed E-state index contributed by atoms with van der Waals surface area (Å²) in [6, 6.07) is 10.2. The summed E-state index contributed by atoms with van der Waals surface area (Å²) in [5.41, 5.74) is 2.00. The van der Waals surface area contributed by atoms with Gasteiger partial charge in [0.2, 0.25) is 9.84 Å². The summed E-state index contributed by atoms with van der Waals surface area (Å²) in [6.07, 6.45) is 1.95. The van der Waals surface area contributed by atoms with Gasteiger partial charge in [-0.25, -0.2) is 8.42 Å². The van der Waals surface area contributed by atoms with Crippen LogP contribution >= 0.6 is 0 Å². The Hall–Kier alpha value is -2.94. The van der Waals surface area contributed by atoms with Gasteiger partial charge in [-0.3, -0.25) is 4.79 Å². The molecule has 0 aliphatic carbocycles. The van der Waals surface area contributed by atoms with Crippen molar-refractivity contribution in [1.29, 1.82) is 0 Å². The summed E-state index contributed by atoms with van der Waals surface area (Å²) in [4.78, 5) is 14.6. The number of fused-ring (bicyclic) bond motifs is 1. The molecular weight excluding hydrogens is 474 g/mol. The third-order valence-electron chi connectivity index (χ3n) is 6.68. The number of anilines is 2. The number of sulfone groups is 1. The second-order valence-electron chi connectivity index (χ2n) is 10.00. The third-order valence-corrected chi connectivity index (χ3v) is 8.12. The first-order chi connectivity index (χ1) is 16.4. The Morgan fingerprint density at radius 2 is 1.74 bits per heavy atom. The Morgan fingerprint density at radius 1 is 1.09 bits per heavy atom. The van der Waals surface area contributed by atoms with Crippen LogP contribution in [0, 0.1) is 12.3 Å². The van der Waals surface area contributed by atoms with Gasteiger partial charge in [0.15, 0.2) is 11.3 Å². The van der Waals surface area contributed by atoms with Crippen molar-refractivity contribution >= 4 is 32.4 Å². The molecule has 0 unspecified atom stereocenters. The first kappa shape index (κ1) is 25.2. The summed E-state index contributed by atoms with van der Waals surface area (Å²) < 4.78 is 57.1. The van der Waals surface area contributed by atoms with Gasteiger partial charge in [-0.05, 0) is 55.9 Å². The molecule has 1 aliphatic heterocycles. The van der Waals surface area contributed by atoms with Crippen molar-refractivity contribution in [2.75, 3.05) is 23.3 Å². The van der Waals surface area contributed by atoms with Crippen LogP contribution in [-0.2, 0) is 9.84 Å². The molecule has 6 nitrogen and oxygen atoms in total. The highest BCUT2D eigenvalue weighted by Crippen LogP contribution is 2.35. The number of para-hydroxylation sites is 1. The van der Waals surface area contributed by atoms with Gasteiger partial charge in [0.1, 0.15) is 5.58 Å². The number of piperidine rings is 1. The first-order valence-electron chi connectivity index (χ1n) is 11.6. The zero-order valence-electron chi connectivity index (χ0n) is 20.3. The monoisotopic (exact) mass is 504 g/mol. The number of hydrogen-bond acceptors (Lipinski definition) is 6. The van der Waals surface area contributed by atoms with Gasteiger partial charge in [-0.2, -0.15) is 8.78 Å². The van der Waals surface area contributed by atoms with Crippen molar-refractivity contribution in [1.82, 2.24) is 0 Å². The molecule has 9 heteroatoms. The highest BCUT2D eigenvalue weighted by Gasteiger charge is 2.30. The fraction of sp³-hybridized carbons (Fsp3) is 0.423. The van der Waals surface area contributed by atoms with E-state index in [2.05, 4.69) is 24.1 Å². The van der Waals surface area contributed by atoms with Gasteiger partial charge in [-0.1, -0.05) is 32.0 Å². The molecule has 1 N–H and O–H groups in total. The number of benzene rings is 2. The van der Waals surface area contributed by atoms with Gasteiger partial charge in [0, 0.05) is 24.7 Å². The lowest BCUT2D eigenvalue weighted by Gasteiger charge is -2.37. The smallest absolute Gasteiger partial charge is 0.341 e. The summed E-state index contributed by atoms with van der Waals surface area (Å²) in [5.74, 6) is -3.04. The van der Waals surface area contributed by atoms with E-state index < -0.39 is 26.5 Å². The Balaban J connectivity index is 1.76. The Kier molecular flexibility index (Phi) is 6.66. The van der Waals surface area contributed by atoms with Gasteiger partial charge in [0.25, 0.3) is 0 Å². The van der Waals surface area contributed by atoms with E-state index in [1.54, 1.807) is 19.1 Å². The molecule has 0 bridgehead atoms. The summed E-state index contributed by atoms with van der Waals surface area (Å²) in [5, 5.41) is 3.47. The molecule has 1 aromatic heterocycles. The number of nitrogens with zero attached hydrogens (tertiary/aromatic N) is 1. The van der Waals surface area contributed by atoms with Crippen molar-refractivity contribution in [2.45, 2.75) is 57.2 Å². The number of halogens is 2. The number of hydrogen-bond donors (Lipinski definition) is 1. The zero-order chi connectivity index (χ0) is 25.5. The average Bonchev–Trinajstić information content (AvgIpc) is 2.79. The summed E-state index contributed by atoms with van der Waals surface area (Å²) in [7, 11) is -4.80. The number of aryl methyl sites for hydroxylation is 1. The van der Waals surface area contributed by atoms with Crippen molar-refractivity contribution < 1.29 is 21.6 Å². The normalized spacial score (nSPS) is 17.1. The standard InChI is InChI=1S/C26H30F2N2O4S/c1-16-13-18(17(2)29-20-7-5-6-8-22(20)35(32,33)25(27)28)24-19(14-16)21(31)15-23(34-24)30-11-9-26(3,4)10-12-30/h5-8,13-15,17,25,29H,9-12H2,1-4H3/t17-/m1/s1. The van der Waals surface area contributed by atoms with Gasteiger partial charge in [-0.15, -0.1) is 0 Å². The summed E-state index contributed by atoms with van der Waals surface area (Å²) >= 11 is 0. The predicted octanol–water partition coefficient (Wildman–Crippen LogP) is 5.90. The molecule has 2 aromatic carbocycles. The minimum atomic E-state index is -4.80. The second kappa shape index (κ2) is 9.26. The molecule has 0 radical (unpaired) electrons. The number of alkyl halides is 2. The Morgan fingerprint density at radius 3 is 2.40 bits per heavy atom.